The van der Waals surface area contributed by atoms with Gasteiger partial charge in [-0.1, -0.05) is 59.3 Å². The van der Waals surface area contributed by atoms with Crippen molar-refractivity contribution >= 4 is 21.8 Å². The fourth-order valence-corrected chi connectivity index (χ4v) is 3.95. The van der Waals surface area contributed by atoms with Crippen LogP contribution in [0.5, 0.6) is 0 Å². The largest absolute Gasteiger partial charge is 0.347 e. The zero-order valence-electron chi connectivity index (χ0n) is 18.0. The highest BCUT2D eigenvalue weighted by Crippen LogP contribution is 2.42. The Hall–Kier alpha value is -2.51. The third-order valence-corrected chi connectivity index (χ3v) is 6.26. The van der Waals surface area contributed by atoms with Gasteiger partial charge in [0.2, 0.25) is 0 Å². The van der Waals surface area contributed by atoms with E-state index in [0.717, 1.165) is 53.9 Å². The maximum atomic E-state index is 12.9. The van der Waals surface area contributed by atoms with E-state index in [9.17, 15) is 4.79 Å². The van der Waals surface area contributed by atoms with Crippen molar-refractivity contribution < 1.29 is 4.79 Å². The van der Waals surface area contributed by atoms with E-state index in [4.69, 9.17) is 0 Å². The highest BCUT2D eigenvalue weighted by atomic mass is 79.9. The van der Waals surface area contributed by atoms with Gasteiger partial charge in [-0.15, -0.1) is 5.10 Å². The molecule has 0 unspecified atom stereocenters. The summed E-state index contributed by atoms with van der Waals surface area (Å²) in [5.74, 6) is 0.177. The van der Waals surface area contributed by atoms with Crippen LogP contribution in [0.1, 0.15) is 59.9 Å². The van der Waals surface area contributed by atoms with Gasteiger partial charge in [0.05, 0.1) is 11.4 Å². The summed E-state index contributed by atoms with van der Waals surface area (Å²) < 4.78 is 2.81. The summed E-state index contributed by atoms with van der Waals surface area (Å²) in [6, 6.07) is 16.3. The molecule has 2 aromatic carbocycles. The molecule has 1 saturated carbocycles. The molecule has 1 N–H and O–H groups in total. The number of hydrogen-bond donors (Lipinski definition) is 1. The number of rotatable bonds is 9. The molecule has 0 radical (unpaired) electrons. The Balaban J connectivity index is 1.44. The molecule has 1 fully saturated rings. The maximum Gasteiger partial charge on any atom is 0.274 e. The monoisotopic (exact) mass is 481 g/mol. The summed E-state index contributed by atoms with van der Waals surface area (Å²) in [5.41, 5.74) is 4.62. The van der Waals surface area contributed by atoms with Crippen LogP contribution in [0.2, 0.25) is 0 Å². The van der Waals surface area contributed by atoms with Crippen LogP contribution in [0.25, 0.3) is 5.69 Å². The number of carbonyl (C=O) groups excluding carboxylic acids is 1. The third-order valence-electron chi connectivity index (χ3n) is 5.73. The smallest absolute Gasteiger partial charge is 0.274 e. The average molecular weight is 482 g/mol. The predicted octanol–water partition coefficient (Wildman–Crippen LogP) is 4.68. The van der Waals surface area contributed by atoms with Gasteiger partial charge in [0.15, 0.2) is 5.69 Å². The van der Waals surface area contributed by atoms with Gasteiger partial charge >= 0.3 is 0 Å². The molecule has 0 aliphatic heterocycles. The molecule has 0 saturated heterocycles. The number of nitrogens with one attached hydrogen (secondary N) is 1. The molecule has 31 heavy (non-hydrogen) atoms. The Bertz CT molecular complexity index is 1020. The minimum Gasteiger partial charge on any atom is -0.347 e. The van der Waals surface area contributed by atoms with E-state index in [1.165, 1.54) is 5.56 Å². The van der Waals surface area contributed by atoms with E-state index in [0.29, 0.717) is 18.2 Å². The predicted molar refractivity (Wildman–Crippen MR) is 125 cm³/mol. The van der Waals surface area contributed by atoms with E-state index in [1.54, 1.807) is 4.68 Å². The minimum absolute atomic E-state index is 0.169. The molecule has 1 aliphatic rings. The van der Waals surface area contributed by atoms with Gasteiger partial charge in [0.25, 0.3) is 5.91 Å². The molecular weight excluding hydrogens is 454 g/mol. The Morgan fingerprint density at radius 3 is 2.32 bits per heavy atom. The molecule has 1 heterocycles. The van der Waals surface area contributed by atoms with Gasteiger partial charge in [-0.3, -0.25) is 9.69 Å². The van der Waals surface area contributed by atoms with Gasteiger partial charge in [-0.05, 0) is 61.3 Å². The van der Waals surface area contributed by atoms with Crippen molar-refractivity contribution in [2.45, 2.75) is 45.7 Å². The zero-order valence-corrected chi connectivity index (χ0v) is 19.6. The van der Waals surface area contributed by atoms with Crippen LogP contribution in [0.3, 0.4) is 0 Å². The first kappa shape index (κ1) is 21.7. The lowest BCUT2D eigenvalue weighted by Crippen LogP contribution is -2.24. The molecule has 1 aliphatic carbocycles. The molecule has 1 aromatic heterocycles. The molecule has 6 nitrogen and oxygen atoms in total. The first-order chi connectivity index (χ1) is 15.1. The fourth-order valence-electron chi connectivity index (χ4n) is 3.68. The normalized spacial score (nSPS) is 13.5. The minimum atomic E-state index is -0.169. The molecule has 3 aromatic rings. The first-order valence-electron chi connectivity index (χ1n) is 10.9. The van der Waals surface area contributed by atoms with E-state index in [1.807, 2.05) is 24.3 Å². The number of halogens is 1. The second-order valence-electron chi connectivity index (χ2n) is 7.95. The van der Waals surface area contributed by atoms with Gasteiger partial charge in [0, 0.05) is 23.5 Å². The molecule has 162 valence electrons. The summed E-state index contributed by atoms with van der Waals surface area (Å²) in [5, 5.41) is 11.6. The lowest BCUT2D eigenvalue weighted by molar-refractivity contribution is 0.0944. The van der Waals surface area contributed by atoms with Crippen molar-refractivity contribution in [2.75, 3.05) is 13.1 Å². The van der Waals surface area contributed by atoms with Gasteiger partial charge in [-0.2, -0.15) is 0 Å². The van der Waals surface area contributed by atoms with Crippen LogP contribution in [0.4, 0.5) is 0 Å². The van der Waals surface area contributed by atoms with Crippen LogP contribution in [-0.2, 0) is 13.1 Å². The Morgan fingerprint density at radius 1 is 1.06 bits per heavy atom. The number of hydrogen-bond acceptors (Lipinski definition) is 4. The van der Waals surface area contributed by atoms with Crippen molar-refractivity contribution in [3.63, 3.8) is 0 Å². The second kappa shape index (κ2) is 9.75. The summed E-state index contributed by atoms with van der Waals surface area (Å²) in [6.07, 6.45) is 2.14. The highest BCUT2D eigenvalue weighted by molar-refractivity contribution is 9.10. The van der Waals surface area contributed by atoms with Gasteiger partial charge in [-0.25, -0.2) is 4.68 Å². The molecule has 0 bridgehead atoms. The molecule has 1 amide bonds. The Labute approximate surface area is 191 Å². The summed E-state index contributed by atoms with van der Waals surface area (Å²) in [7, 11) is 0. The standard InChI is InChI=1S/C24H28BrN5O/c1-3-29(4-2)16-18-7-5-17(6-8-18)15-26-24(31)22-23(19-9-10-19)30(28-27-22)21-13-11-20(25)12-14-21/h5-8,11-14,19H,3-4,9-10,15-16H2,1-2H3,(H,26,31). The third kappa shape index (κ3) is 5.22. The molecule has 0 atom stereocenters. The summed E-state index contributed by atoms with van der Waals surface area (Å²) in [4.78, 5) is 15.3. The van der Waals surface area contributed by atoms with Crippen molar-refractivity contribution in [1.82, 2.24) is 25.2 Å². The van der Waals surface area contributed by atoms with Crippen LogP contribution < -0.4 is 5.32 Å². The molecule has 7 heteroatoms. The van der Waals surface area contributed by atoms with Gasteiger partial charge < -0.3 is 5.32 Å². The highest BCUT2D eigenvalue weighted by Gasteiger charge is 2.34. The van der Waals surface area contributed by atoms with E-state index < -0.39 is 0 Å². The Kier molecular flexibility index (Phi) is 6.83. The average Bonchev–Trinajstić information content (AvgIpc) is 3.55. The van der Waals surface area contributed by atoms with Crippen molar-refractivity contribution in [2.24, 2.45) is 0 Å². The van der Waals surface area contributed by atoms with Crippen molar-refractivity contribution in [3.05, 3.63) is 75.5 Å². The SMILES string of the molecule is CCN(CC)Cc1ccc(CNC(=O)c2nnn(-c3ccc(Br)cc3)c2C2CC2)cc1. The van der Waals surface area contributed by atoms with Crippen molar-refractivity contribution in [1.29, 1.82) is 0 Å². The lowest BCUT2D eigenvalue weighted by Gasteiger charge is -2.18. The number of nitrogens with zero attached hydrogens (tertiary/aromatic N) is 4. The van der Waals surface area contributed by atoms with Crippen LogP contribution in [0.15, 0.2) is 53.0 Å². The zero-order chi connectivity index (χ0) is 21.8. The van der Waals surface area contributed by atoms with E-state index in [-0.39, 0.29) is 5.91 Å². The number of amides is 1. The molecular formula is C24H28BrN5O. The number of benzene rings is 2. The molecule has 4 rings (SSSR count). The van der Waals surface area contributed by atoms with Crippen LogP contribution >= 0.6 is 15.9 Å². The fraction of sp³-hybridized carbons (Fsp3) is 0.375. The Morgan fingerprint density at radius 2 is 1.71 bits per heavy atom. The van der Waals surface area contributed by atoms with Crippen molar-refractivity contribution in [3.8, 4) is 5.69 Å². The van der Waals surface area contributed by atoms with Crippen LogP contribution in [0, 0.1) is 0 Å². The topological polar surface area (TPSA) is 63.1 Å². The number of carbonyl (C=O) groups is 1. The quantitative estimate of drug-likeness (QED) is 0.481. The number of aromatic nitrogens is 3. The second-order valence-corrected chi connectivity index (χ2v) is 8.86. The first-order valence-corrected chi connectivity index (χ1v) is 11.7. The lowest BCUT2D eigenvalue weighted by atomic mass is 10.1. The maximum absolute atomic E-state index is 12.9. The summed E-state index contributed by atoms with van der Waals surface area (Å²) >= 11 is 3.46. The van der Waals surface area contributed by atoms with E-state index in [2.05, 4.69) is 74.6 Å². The summed E-state index contributed by atoms with van der Waals surface area (Å²) in [6.45, 7) is 7.85. The van der Waals surface area contributed by atoms with Gasteiger partial charge in [0.1, 0.15) is 0 Å². The van der Waals surface area contributed by atoms with E-state index >= 15 is 0 Å². The van der Waals surface area contributed by atoms with Crippen LogP contribution in [-0.4, -0.2) is 38.9 Å². The molecule has 0 spiro atoms.